The molecule has 4 heterocycles. The second-order valence-corrected chi connectivity index (χ2v) is 12.5. The molecular formula is C30H27Cl2N3O4S. The van der Waals surface area contributed by atoms with Gasteiger partial charge in [0.15, 0.2) is 5.13 Å². The van der Waals surface area contributed by atoms with Crippen LogP contribution >= 0.6 is 34.5 Å². The van der Waals surface area contributed by atoms with Crippen LogP contribution in [-0.4, -0.2) is 39.4 Å². The number of ether oxygens (including phenoxy) is 1. The Hall–Kier alpha value is -2.91. The maximum absolute atomic E-state index is 11.2. The molecule has 2 saturated heterocycles. The molecule has 4 aromatic rings. The fourth-order valence-corrected chi connectivity index (χ4v) is 7.68. The van der Waals surface area contributed by atoms with E-state index in [2.05, 4.69) is 15.4 Å². The number of carbonyl (C=O) groups is 1. The van der Waals surface area contributed by atoms with E-state index in [4.69, 9.17) is 37.4 Å². The number of carboxylic acids is 1. The van der Waals surface area contributed by atoms with Gasteiger partial charge >= 0.3 is 5.97 Å². The van der Waals surface area contributed by atoms with Gasteiger partial charge in [0.2, 0.25) is 0 Å². The van der Waals surface area contributed by atoms with Crippen molar-refractivity contribution in [3.8, 4) is 22.5 Å². The van der Waals surface area contributed by atoms with Crippen LogP contribution in [-0.2, 0) is 11.3 Å². The normalized spacial score (nSPS) is 22.1. The molecule has 2 aromatic carbocycles. The third-order valence-electron chi connectivity index (χ3n) is 8.26. The first-order valence-corrected chi connectivity index (χ1v) is 15.2. The van der Waals surface area contributed by atoms with E-state index in [1.807, 2.05) is 30.3 Å². The van der Waals surface area contributed by atoms with Crippen molar-refractivity contribution in [2.75, 3.05) is 4.90 Å². The summed E-state index contributed by atoms with van der Waals surface area (Å²) in [7, 11) is 0. The number of aromatic nitrogens is 2. The molecule has 0 unspecified atom stereocenters. The number of benzene rings is 2. The van der Waals surface area contributed by atoms with E-state index < -0.39 is 5.97 Å². The summed E-state index contributed by atoms with van der Waals surface area (Å²) >= 11 is 14.7. The molecule has 2 aliphatic heterocycles. The predicted octanol–water partition coefficient (Wildman–Crippen LogP) is 8.06. The summed E-state index contributed by atoms with van der Waals surface area (Å²) in [5.74, 6) is 0.362. The Labute approximate surface area is 245 Å². The lowest BCUT2D eigenvalue weighted by atomic mass is 10.00. The minimum atomic E-state index is -0.927. The Morgan fingerprint density at radius 3 is 2.40 bits per heavy atom. The van der Waals surface area contributed by atoms with Crippen molar-refractivity contribution in [2.24, 2.45) is 0 Å². The molecule has 3 atom stereocenters. The molecule has 3 fully saturated rings. The number of anilines is 1. The number of nitrogens with zero attached hydrogens (tertiary/aromatic N) is 3. The zero-order valence-corrected chi connectivity index (χ0v) is 23.9. The second-order valence-electron chi connectivity index (χ2n) is 10.8. The Kier molecular flexibility index (Phi) is 6.82. The van der Waals surface area contributed by atoms with Crippen LogP contribution in [0.2, 0.25) is 10.0 Å². The molecule has 206 valence electrons. The summed E-state index contributed by atoms with van der Waals surface area (Å²) in [5, 5.41) is 17.8. The van der Waals surface area contributed by atoms with E-state index in [9.17, 15) is 9.90 Å². The van der Waals surface area contributed by atoms with Crippen LogP contribution in [0.1, 0.15) is 66.1 Å². The van der Waals surface area contributed by atoms with Crippen LogP contribution in [0.25, 0.3) is 22.5 Å². The van der Waals surface area contributed by atoms with E-state index in [1.54, 1.807) is 23.5 Å². The summed E-state index contributed by atoms with van der Waals surface area (Å²) in [6, 6.07) is 13.1. The Morgan fingerprint density at radius 2 is 1.75 bits per heavy atom. The average Bonchev–Trinajstić information content (AvgIpc) is 3.42. The lowest BCUT2D eigenvalue weighted by Crippen LogP contribution is -2.45. The molecule has 7 rings (SSSR count). The first kappa shape index (κ1) is 26.0. The Morgan fingerprint density at radius 1 is 1.05 bits per heavy atom. The smallest absolute Gasteiger partial charge is 0.335 e. The van der Waals surface area contributed by atoms with Crippen LogP contribution in [0.15, 0.2) is 52.4 Å². The monoisotopic (exact) mass is 595 g/mol. The number of piperidine rings is 1. The minimum absolute atomic E-state index is 0.133. The van der Waals surface area contributed by atoms with E-state index in [0.29, 0.717) is 45.9 Å². The van der Waals surface area contributed by atoms with Gasteiger partial charge < -0.3 is 19.3 Å². The highest BCUT2D eigenvalue weighted by molar-refractivity contribution is 7.14. The largest absolute Gasteiger partial charge is 0.478 e. The van der Waals surface area contributed by atoms with Gasteiger partial charge in [-0.25, -0.2) is 9.78 Å². The van der Waals surface area contributed by atoms with Gasteiger partial charge in [0, 0.05) is 40.1 Å². The van der Waals surface area contributed by atoms with Crippen LogP contribution in [0.4, 0.5) is 5.13 Å². The number of rotatable bonds is 8. The molecule has 40 heavy (non-hydrogen) atoms. The Bertz CT molecular complexity index is 1530. The summed E-state index contributed by atoms with van der Waals surface area (Å²) in [6.45, 7) is 0.421. The zero-order chi connectivity index (χ0) is 27.4. The number of hydrogen-bond acceptors (Lipinski definition) is 7. The highest BCUT2D eigenvalue weighted by Gasteiger charge is 2.43. The molecule has 0 spiro atoms. The summed E-state index contributed by atoms with van der Waals surface area (Å²) in [5.41, 5.74) is 4.42. The molecule has 2 aromatic heterocycles. The van der Waals surface area contributed by atoms with Gasteiger partial charge in [0.25, 0.3) is 0 Å². The number of thiazole rings is 1. The highest BCUT2D eigenvalue weighted by atomic mass is 35.5. The standard InChI is InChI=1S/C30H27Cl2N3O4S/c31-23-2-1-3-24(32)26(23)27-22(28(39-34-27)17-6-7-17)14-38-21-12-19-10-11-20(13-21)35(19)30-33-25(15-40-30)16-4-8-18(9-5-16)29(36)37/h1-5,8-9,15,17,19-21H,6-7,10-14H2,(H,36,37)/t19-,20+,21-. The number of aromatic carboxylic acids is 1. The van der Waals surface area contributed by atoms with Crippen molar-refractivity contribution in [2.45, 2.75) is 69.2 Å². The van der Waals surface area contributed by atoms with E-state index in [0.717, 1.165) is 66.2 Å². The molecule has 10 heteroatoms. The van der Waals surface area contributed by atoms with Crippen molar-refractivity contribution in [1.82, 2.24) is 10.1 Å². The zero-order valence-electron chi connectivity index (χ0n) is 21.6. The number of hydrogen-bond donors (Lipinski definition) is 1. The summed E-state index contributed by atoms with van der Waals surface area (Å²) in [4.78, 5) is 18.6. The van der Waals surface area contributed by atoms with Crippen molar-refractivity contribution >= 4 is 45.6 Å². The third kappa shape index (κ3) is 4.81. The summed E-state index contributed by atoms with van der Waals surface area (Å²) < 4.78 is 12.4. The second kappa shape index (κ2) is 10.5. The molecule has 1 saturated carbocycles. The third-order valence-corrected chi connectivity index (χ3v) is 9.74. The van der Waals surface area contributed by atoms with Gasteiger partial charge in [-0.1, -0.05) is 46.6 Å². The molecule has 7 nitrogen and oxygen atoms in total. The van der Waals surface area contributed by atoms with Crippen LogP contribution in [0.5, 0.6) is 0 Å². The van der Waals surface area contributed by atoms with Crippen LogP contribution in [0, 0.1) is 0 Å². The molecular weight excluding hydrogens is 569 g/mol. The molecule has 0 amide bonds. The van der Waals surface area contributed by atoms with Gasteiger partial charge in [-0.05, 0) is 62.8 Å². The number of halogens is 2. The molecule has 2 bridgehead atoms. The van der Waals surface area contributed by atoms with Gasteiger partial charge in [0.05, 0.1) is 34.0 Å². The molecule has 3 aliphatic rings. The lowest BCUT2D eigenvalue weighted by Gasteiger charge is -2.38. The van der Waals surface area contributed by atoms with Crippen LogP contribution in [0.3, 0.4) is 0 Å². The maximum atomic E-state index is 11.2. The number of fused-ring (bicyclic) bond motifs is 2. The first-order chi connectivity index (χ1) is 19.5. The van der Waals surface area contributed by atoms with E-state index in [1.165, 1.54) is 0 Å². The fraction of sp³-hybridized carbons (Fsp3) is 0.367. The average molecular weight is 597 g/mol. The van der Waals surface area contributed by atoms with E-state index >= 15 is 0 Å². The Balaban J connectivity index is 1.06. The summed E-state index contributed by atoms with van der Waals surface area (Å²) in [6.07, 6.45) is 6.44. The number of carboxylic acid groups (broad SMARTS) is 1. The lowest BCUT2D eigenvalue weighted by molar-refractivity contribution is 0.0147. The van der Waals surface area contributed by atoms with Gasteiger partial charge in [-0.15, -0.1) is 11.3 Å². The predicted molar refractivity (Wildman–Crippen MR) is 156 cm³/mol. The van der Waals surface area contributed by atoms with E-state index in [-0.39, 0.29) is 11.7 Å². The quantitative estimate of drug-likeness (QED) is 0.220. The van der Waals surface area contributed by atoms with Crippen LogP contribution < -0.4 is 4.90 Å². The van der Waals surface area contributed by atoms with Gasteiger partial charge in [0.1, 0.15) is 11.5 Å². The molecule has 0 radical (unpaired) electrons. The molecule has 1 N–H and O–H groups in total. The van der Waals surface area contributed by atoms with Crippen molar-refractivity contribution in [1.29, 1.82) is 0 Å². The van der Waals surface area contributed by atoms with Gasteiger partial charge in [-0.2, -0.15) is 0 Å². The topological polar surface area (TPSA) is 88.7 Å². The van der Waals surface area contributed by atoms with Crippen molar-refractivity contribution < 1.29 is 19.2 Å². The first-order valence-electron chi connectivity index (χ1n) is 13.6. The maximum Gasteiger partial charge on any atom is 0.335 e. The highest BCUT2D eigenvalue weighted by Crippen LogP contribution is 2.47. The molecule has 1 aliphatic carbocycles. The SMILES string of the molecule is O=C(O)c1ccc(-c2csc(N3[C@@H]4CC[C@H]3C[C@H](OCc3c(-c5c(Cl)cccc5Cl)noc3C3CC3)C4)n2)cc1. The van der Waals surface area contributed by atoms with Crippen molar-refractivity contribution in [3.63, 3.8) is 0 Å². The van der Waals surface area contributed by atoms with Gasteiger partial charge in [-0.3, -0.25) is 0 Å². The van der Waals surface area contributed by atoms with Crippen molar-refractivity contribution in [3.05, 3.63) is 74.8 Å². The minimum Gasteiger partial charge on any atom is -0.478 e. The fourth-order valence-electron chi connectivity index (χ4n) is 6.12.